The monoisotopic (exact) mass is 546 g/mol. The van der Waals surface area contributed by atoms with Gasteiger partial charge in [-0.2, -0.15) is 13.2 Å². The largest absolute Gasteiger partial charge is 0.417 e. The molecule has 1 aliphatic heterocycles. The van der Waals surface area contributed by atoms with E-state index in [1.165, 1.54) is 6.07 Å². The maximum absolute atomic E-state index is 13.3. The predicted molar refractivity (Wildman–Crippen MR) is 139 cm³/mol. The molecule has 0 spiro atoms. The van der Waals surface area contributed by atoms with Gasteiger partial charge in [0.25, 0.3) is 0 Å². The van der Waals surface area contributed by atoms with Crippen LogP contribution in [0.5, 0.6) is 0 Å². The zero-order valence-electron chi connectivity index (χ0n) is 20.6. The number of nitrogens with zero attached hydrogens (tertiary/aromatic N) is 2. The number of benzene rings is 1. The summed E-state index contributed by atoms with van der Waals surface area (Å²) in [5.74, 6) is 1.11. The van der Waals surface area contributed by atoms with Gasteiger partial charge in [-0.05, 0) is 79.6 Å². The molecule has 11 heteroatoms. The third-order valence-electron chi connectivity index (χ3n) is 7.11. The fourth-order valence-electron chi connectivity index (χ4n) is 4.95. The third-order valence-corrected chi connectivity index (χ3v) is 9.39. The molecule has 1 saturated carbocycles. The summed E-state index contributed by atoms with van der Waals surface area (Å²) in [6.45, 7) is 1.39. The van der Waals surface area contributed by atoms with Crippen molar-refractivity contribution in [2.24, 2.45) is 0 Å². The van der Waals surface area contributed by atoms with Crippen LogP contribution in [0.4, 0.5) is 24.8 Å². The molecular weight excluding hydrogens is 517 g/mol. The molecule has 0 radical (unpaired) electrons. The van der Waals surface area contributed by atoms with Gasteiger partial charge in [-0.1, -0.05) is 12.1 Å². The van der Waals surface area contributed by atoms with Crippen LogP contribution in [0, 0.1) is 0 Å². The lowest BCUT2D eigenvalue weighted by molar-refractivity contribution is -0.137. The Morgan fingerprint density at radius 1 is 0.816 bits per heavy atom. The van der Waals surface area contributed by atoms with E-state index >= 15 is 0 Å². The van der Waals surface area contributed by atoms with Gasteiger partial charge in [0.2, 0.25) is 0 Å². The molecule has 2 fully saturated rings. The molecule has 0 amide bonds. The minimum Gasteiger partial charge on any atom is -0.379 e. The van der Waals surface area contributed by atoms with Crippen LogP contribution in [0.1, 0.15) is 37.7 Å². The number of hydrogen-bond donors (Lipinski definition) is 2. The summed E-state index contributed by atoms with van der Waals surface area (Å²) in [6, 6.07) is 13.3. The number of pyridine rings is 2. The molecule has 1 saturated heterocycles. The number of rotatable bonds is 7. The van der Waals surface area contributed by atoms with E-state index in [1.807, 2.05) is 24.3 Å². The van der Waals surface area contributed by atoms with E-state index in [1.54, 1.807) is 18.3 Å². The Kier molecular flexibility index (Phi) is 7.58. The van der Waals surface area contributed by atoms with Crippen molar-refractivity contribution < 1.29 is 26.3 Å². The Morgan fingerprint density at radius 2 is 1.55 bits per heavy atom. The number of anilines is 2. The van der Waals surface area contributed by atoms with E-state index in [0.29, 0.717) is 38.1 Å². The van der Waals surface area contributed by atoms with Crippen LogP contribution >= 0.6 is 0 Å². The summed E-state index contributed by atoms with van der Waals surface area (Å²) in [5, 5.41) is 6.00. The van der Waals surface area contributed by atoms with E-state index in [4.69, 9.17) is 4.74 Å². The number of halogens is 3. The molecule has 1 aliphatic carbocycles. The van der Waals surface area contributed by atoms with Crippen LogP contribution in [0.25, 0.3) is 11.1 Å². The first-order valence-corrected chi connectivity index (χ1v) is 14.2. The van der Waals surface area contributed by atoms with Gasteiger partial charge in [0.15, 0.2) is 9.84 Å². The normalized spacial score (nSPS) is 22.2. The second kappa shape index (κ2) is 10.9. The van der Waals surface area contributed by atoms with Crippen LogP contribution in [0.15, 0.2) is 65.8 Å². The van der Waals surface area contributed by atoms with E-state index in [0.717, 1.165) is 42.2 Å². The summed E-state index contributed by atoms with van der Waals surface area (Å²) in [5.41, 5.74) is 1.03. The molecule has 2 N–H and O–H groups in total. The number of alkyl halides is 3. The number of hydrogen-bond acceptors (Lipinski definition) is 7. The molecule has 5 rings (SSSR count). The topological polar surface area (TPSA) is 93.2 Å². The molecule has 0 bridgehead atoms. The summed E-state index contributed by atoms with van der Waals surface area (Å²) in [4.78, 5) is 8.52. The van der Waals surface area contributed by atoms with E-state index in [-0.39, 0.29) is 17.0 Å². The lowest BCUT2D eigenvalue weighted by Gasteiger charge is -2.29. The van der Waals surface area contributed by atoms with Gasteiger partial charge >= 0.3 is 6.18 Å². The lowest BCUT2D eigenvalue weighted by atomic mass is 9.95. The van der Waals surface area contributed by atoms with Gasteiger partial charge in [0, 0.05) is 25.0 Å². The number of nitrogens with one attached hydrogen (secondary N) is 2. The van der Waals surface area contributed by atoms with Gasteiger partial charge in [-0.25, -0.2) is 18.4 Å². The van der Waals surface area contributed by atoms with Crippen molar-refractivity contribution in [2.75, 3.05) is 23.8 Å². The van der Waals surface area contributed by atoms with Crippen molar-refractivity contribution in [3.8, 4) is 11.1 Å². The van der Waals surface area contributed by atoms with E-state index in [9.17, 15) is 21.6 Å². The Balaban J connectivity index is 1.19. The van der Waals surface area contributed by atoms with Gasteiger partial charge in [0.1, 0.15) is 11.6 Å². The highest BCUT2D eigenvalue weighted by Crippen LogP contribution is 2.32. The zero-order valence-corrected chi connectivity index (χ0v) is 21.4. The van der Waals surface area contributed by atoms with Crippen molar-refractivity contribution in [1.82, 2.24) is 9.97 Å². The van der Waals surface area contributed by atoms with Crippen molar-refractivity contribution in [1.29, 1.82) is 0 Å². The van der Waals surface area contributed by atoms with Crippen LogP contribution in [-0.4, -0.2) is 48.9 Å². The van der Waals surface area contributed by atoms with E-state index < -0.39 is 26.8 Å². The highest BCUT2D eigenvalue weighted by molar-refractivity contribution is 7.92. The number of sulfone groups is 1. The van der Waals surface area contributed by atoms with Crippen LogP contribution < -0.4 is 10.6 Å². The molecule has 1 unspecified atom stereocenters. The average Bonchev–Trinajstić information content (AvgIpc) is 3.42. The molecule has 3 heterocycles. The van der Waals surface area contributed by atoms with Gasteiger partial charge < -0.3 is 15.4 Å². The standard InChI is InChI=1S/C27H29F3N4O3S/c28-27(29,30)20-3-10-25(32-16-20)33-21-4-8-24(9-5-21)38(35,36)23-6-1-18(2-7-23)19-11-13-31-26(15-19)34-22-12-14-37-17-22/h1-3,6-7,10-11,13,15-16,21-22,24H,4-5,8-9,12,14,17H2,(H,31,34)(H,32,33). The maximum Gasteiger partial charge on any atom is 0.417 e. The second-order valence-electron chi connectivity index (χ2n) is 9.75. The summed E-state index contributed by atoms with van der Waals surface area (Å²) in [6.07, 6.45) is 1.13. The molecule has 3 aromatic rings. The highest BCUT2D eigenvalue weighted by atomic mass is 32.2. The summed E-state index contributed by atoms with van der Waals surface area (Å²) in [7, 11) is -3.51. The van der Waals surface area contributed by atoms with Crippen molar-refractivity contribution in [3.05, 3.63) is 66.5 Å². The van der Waals surface area contributed by atoms with Gasteiger partial charge in [-0.3, -0.25) is 0 Å². The first-order chi connectivity index (χ1) is 18.2. The first-order valence-electron chi connectivity index (χ1n) is 12.6. The molecule has 7 nitrogen and oxygen atoms in total. The van der Waals surface area contributed by atoms with Crippen LogP contribution in [0.3, 0.4) is 0 Å². The first kappa shape index (κ1) is 26.4. The highest BCUT2D eigenvalue weighted by Gasteiger charge is 2.33. The third kappa shape index (κ3) is 6.10. The number of aromatic nitrogens is 2. The Hall–Kier alpha value is -3.18. The quantitative estimate of drug-likeness (QED) is 0.401. The van der Waals surface area contributed by atoms with Crippen molar-refractivity contribution in [2.45, 2.75) is 60.5 Å². The molecule has 2 aromatic heterocycles. The second-order valence-corrected chi connectivity index (χ2v) is 12.0. The van der Waals surface area contributed by atoms with Crippen molar-refractivity contribution >= 4 is 21.5 Å². The minimum absolute atomic E-state index is 0.0432. The molecule has 1 aromatic carbocycles. The van der Waals surface area contributed by atoms with Gasteiger partial charge in [0.05, 0.1) is 28.4 Å². The fraction of sp³-hybridized carbons (Fsp3) is 0.407. The summed E-state index contributed by atoms with van der Waals surface area (Å²) >= 11 is 0. The zero-order chi connectivity index (χ0) is 26.8. The molecular formula is C27H29F3N4O3S. The van der Waals surface area contributed by atoms with Crippen LogP contribution in [0.2, 0.25) is 0 Å². The smallest absolute Gasteiger partial charge is 0.379 e. The Labute approximate surface area is 219 Å². The molecule has 202 valence electrons. The molecule has 38 heavy (non-hydrogen) atoms. The maximum atomic E-state index is 13.3. The minimum atomic E-state index is -4.43. The predicted octanol–water partition coefficient (Wildman–Crippen LogP) is 5.56. The van der Waals surface area contributed by atoms with E-state index in [2.05, 4.69) is 20.6 Å². The Bertz CT molecular complexity index is 1340. The molecule has 2 aliphatic rings. The fourth-order valence-corrected chi connectivity index (χ4v) is 6.74. The number of ether oxygens (including phenoxy) is 1. The van der Waals surface area contributed by atoms with Crippen LogP contribution in [-0.2, 0) is 20.8 Å². The Morgan fingerprint density at radius 3 is 2.18 bits per heavy atom. The molecule has 1 atom stereocenters. The average molecular weight is 547 g/mol. The summed E-state index contributed by atoms with van der Waals surface area (Å²) < 4.78 is 70.2. The van der Waals surface area contributed by atoms with Crippen molar-refractivity contribution in [3.63, 3.8) is 0 Å². The van der Waals surface area contributed by atoms with Gasteiger partial charge in [-0.15, -0.1) is 0 Å². The SMILES string of the molecule is O=S(=O)(c1ccc(-c2ccnc(NC3CCOC3)c2)cc1)C1CCC(Nc2ccc(C(F)(F)F)cn2)CC1. The lowest BCUT2D eigenvalue weighted by Crippen LogP contribution is -2.33.